The number of imidazole rings is 2. The van der Waals surface area contributed by atoms with Crippen molar-refractivity contribution in [2.75, 3.05) is 24.0 Å². The SMILES string of the molecule is CCCCc1nc(Cl)c(OC(=O)c2c(Cl)nc(CCCC)n2C(N)(C(=O)O)C(CSC)c2ccc3oc(-c4ccccc4-c4nn[nH]n4)c(Br)c3c2)n1C(N)(C(=O)O)C(CSC)c1ccc2oc(-c3ccccc3-c3nn[nH]n3)c(Br)c2c1. The van der Waals surface area contributed by atoms with Crippen LogP contribution in [0.25, 0.3) is 67.4 Å². The second-order valence-electron chi connectivity index (χ2n) is 19.4. The van der Waals surface area contributed by atoms with Crippen LogP contribution in [0.4, 0.5) is 0 Å². The van der Waals surface area contributed by atoms with Gasteiger partial charge in [0.15, 0.2) is 16.0 Å². The molecule has 83 heavy (non-hydrogen) atoms. The fourth-order valence-electron chi connectivity index (χ4n) is 10.4. The van der Waals surface area contributed by atoms with E-state index in [0.717, 1.165) is 9.13 Å². The number of nitrogens with two attached hydrogens (primary N) is 2. The van der Waals surface area contributed by atoms with Gasteiger partial charge in [-0.1, -0.05) is 111 Å². The number of nitrogens with one attached hydrogen (secondary N) is 2. The molecule has 0 fully saturated rings. The Kier molecular flexibility index (Phi) is 17.7. The molecule has 4 aromatic carbocycles. The van der Waals surface area contributed by atoms with Gasteiger partial charge in [-0.3, -0.25) is 20.6 Å². The number of unbranched alkanes of at least 4 members (excludes halogenated alkanes) is 2. The van der Waals surface area contributed by atoms with Gasteiger partial charge in [-0.2, -0.15) is 34.0 Å². The molecule has 430 valence electrons. The molecule has 0 aliphatic heterocycles. The van der Waals surface area contributed by atoms with Crippen LogP contribution >= 0.6 is 78.6 Å². The highest BCUT2D eigenvalue weighted by atomic mass is 79.9. The van der Waals surface area contributed by atoms with Gasteiger partial charge in [0.2, 0.25) is 28.9 Å². The van der Waals surface area contributed by atoms with Crippen LogP contribution in [0.3, 0.4) is 0 Å². The predicted molar refractivity (Wildman–Crippen MR) is 324 cm³/mol. The number of aromatic nitrogens is 12. The van der Waals surface area contributed by atoms with Crippen molar-refractivity contribution in [3.63, 3.8) is 0 Å². The number of hydrogen-bond acceptors (Lipinski definition) is 18. The Morgan fingerprint density at radius 1 is 0.675 bits per heavy atom. The summed E-state index contributed by atoms with van der Waals surface area (Å²) in [5.41, 5.74) is 13.7. The number of furan rings is 2. The molecular formula is C55H52Br2Cl2N14O8S2. The van der Waals surface area contributed by atoms with Crippen LogP contribution in [0.5, 0.6) is 5.88 Å². The van der Waals surface area contributed by atoms with E-state index in [0.29, 0.717) is 113 Å². The number of rotatable bonds is 24. The summed E-state index contributed by atoms with van der Waals surface area (Å²) in [7, 11) is 0. The van der Waals surface area contributed by atoms with Crippen LogP contribution in [0.1, 0.15) is 84.6 Å². The summed E-state index contributed by atoms with van der Waals surface area (Å²) in [6, 6.07) is 25.2. The van der Waals surface area contributed by atoms with E-state index in [1.54, 1.807) is 42.7 Å². The number of carboxylic acid groups (broad SMARTS) is 2. The van der Waals surface area contributed by atoms with Gasteiger partial charge >= 0.3 is 17.9 Å². The summed E-state index contributed by atoms with van der Waals surface area (Å²) in [6.07, 6.45) is 6.21. The van der Waals surface area contributed by atoms with Gasteiger partial charge in [0.05, 0.1) is 8.95 Å². The number of aryl methyl sites for hydroxylation is 2. The molecule has 6 aromatic heterocycles. The first-order valence-electron chi connectivity index (χ1n) is 25.9. The predicted octanol–water partition coefficient (Wildman–Crippen LogP) is 11.7. The number of halogens is 4. The van der Waals surface area contributed by atoms with Crippen molar-refractivity contribution in [3.05, 3.63) is 133 Å². The Balaban J connectivity index is 1.08. The molecule has 0 saturated carbocycles. The minimum Gasteiger partial charge on any atom is -0.478 e. The van der Waals surface area contributed by atoms with Crippen molar-refractivity contribution in [3.8, 4) is 51.3 Å². The van der Waals surface area contributed by atoms with E-state index in [1.165, 1.54) is 23.5 Å². The molecule has 22 nitrogen and oxygen atoms in total. The van der Waals surface area contributed by atoms with Gasteiger partial charge in [0.1, 0.15) is 34.3 Å². The Bertz CT molecular complexity index is 4040. The lowest BCUT2D eigenvalue weighted by atomic mass is 9.86. The minimum absolute atomic E-state index is 0.0787. The van der Waals surface area contributed by atoms with Crippen LogP contribution in [0.15, 0.2) is 103 Å². The largest absolute Gasteiger partial charge is 0.478 e. The Labute approximate surface area is 508 Å². The molecule has 28 heteroatoms. The van der Waals surface area contributed by atoms with Gasteiger partial charge in [0.25, 0.3) is 0 Å². The van der Waals surface area contributed by atoms with E-state index in [1.807, 2.05) is 68.6 Å². The van der Waals surface area contributed by atoms with E-state index in [9.17, 15) is 19.8 Å². The number of esters is 1. The number of carbonyl (C=O) groups excluding carboxylic acids is 1. The standard InChI is InChI=1S/C55H52Br2Cl2N14O8S2/c1-5-7-17-39-62-46(58)43(72(39)54(60,52(75)76)35(25-82-3)27-19-21-37-33(23-27)41(56)44(79-37)29-13-9-11-15-31(29)48-64-68-69-65-48)51(74)81-50-47(59)63-40(18-8-6-2)73(50)55(61,53(77)78)36(26-83-4)28-20-22-38-34(24-28)42(57)45(80-38)30-14-10-12-16-32(30)49-66-70-71-67-49/h9-16,19-24,35-36H,5-8,17-18,25-26,60-61H2,1-4H3,(H,75,76)(H,77,78)(H,64,65,68,69)(H,66,67,70,71). The summed E-state index contributed by atoms with van der Waals surface area (Å²) >= 11 is 24.2. The first-order valence-corrected chi connectivity index (χ1v) is 31.0. The molecule has 0 radical (unpaired) electrons. The van der Waals surface area contributed by atoms with Crippen molar-refractivity contribution in [2.24, 2.45) is 11.5 Å². The molecule has 6 heterocycles. The fourth-order valence-corrected chi connectivity index (χ4v) is 13.6. The lowest BCUT2D eigenvalue weighted by Gasteiger charge is -2.37. The summed E-state index contributed by atoms with van der Waals surface area (Å²) < 4.78 is 22.6. The second kappa shape index (κ2) is 24.7. The number of carbonyl (C=O) groups is 3. The fraction of sp³-hybridized carbons (Fsp3) is 0.291. The van der Waals surface area contributed by atoms with E-state index in [4.69, 9.17) is 48.2 Å². The molecule has 0 aliphatic carbocycles. The number of tetrazole rings is 2. The van der Waals surface area contributed by atoms with Crippen molar-refractivity contribution in [2.45, 2.75) is 75.5 Å². The highest BCUT2D eigenvalue weighted by Crippen LogP contribution is 2.48. The Morgan fingerprint density at radius 2 is 1.11 bits per heavy atom. The van der Waals surface area contributed by atoms with E-state index in [-0.39, 0.29) is 36.0 Å². The van der Waals surface area contributed by atoms with Crippen LogP contribution in [-0.4, -0.2) is 112 Å². The molecule has 0 amide bonds. The second-order valence-corrected chi connectivity index (χ2v) is 23.5. The minimum atomic E-state index is -2.51. The van der Waals surface area contributed by atoms with Gasteiger partial charge in [-0.15, -0.1) is 20.4 Å². The van der Waals surface area contributed by atoms with Gasteiger partial charge in [0, 0.05) is 69.2 Å². The smallest absolute Gasteiger partial charge is 0.365 e. The number of benzene rings is 4. The number of H-pyrrole nitrogens is 2. The molecule has 10 rings (SSSR count). The van der Waals surface area contributed by atoms with E-state index >= 15 is 4.79 Å². The van der Waals surface area contributed by atoms with Crippen molar-refractivity contribution < 1.29 is 38.2 Å². The molecule has 0 spiro atoms. The third-order valence-electron chi connectivity index (χ3n) is 14.4. The first-order chi connectivity index (χ1) is 40.0. The van der Waals surface area contributed by atoms with Crippen LogP contribution in [0, 0.1) is 0 Å². The monoisotopic (exact) mass is 1330 g/mol. The van der Waals surface area contributed by atoms with Crippen molar-refractivity contribution in [1.82, 2.24) is 60.4 Å². The maximum atomic E-state index is 15.4. The number of thioether (sulfide) groups is 2. The number of ether oxygens (including phenoxy) is 1. The first kappa shape index (κ1) is 59.3. The quantitative estimate of drug-likeness (QED) is 0.0306. The number of aromatic amines is 2. The normalized spacial score (nSPS) is 14.0. The third-order valence-corrected chi connectivity index (χ3v) is 17.9. The van der Waals surface area contributed by atoms with E-state index in [2.05, 4.69) is 83.1 Å². The topological polar surface area (TPSA) is 324 Å². The lowest BCUT2D eigenvalue weighted by molar-refractivity contribution is -0.149. The van der Waals surface area contributed by atoms with Crippen LogP contribution in [0.2, 0.25) is 10.3 Å². The van der Waals surface area contributed by atoms with Crippen LogP contribution < -0.4 is 16.2 Å². The van der Waals surface area contributed by atoms with Gasteiger partial charge in [-0.25, -0.2) is 24.4 Å². The number of fused-ring (bicyclic) bond motifs is 2. The number of aliphatic carboxylic acids is 2. The zero-order valence-corrected chi connectivity index (χ0v) is 51.0. The summed E-state index contributed by atoms with van der Waals surface area (Å²) in [4.78, 5) is 53.2. The third kappa shape index (κ3) is 10.8. The van der Waals surface area contributed by atoms with Crippen molar-refractivity contribution in [1.29, 1.82) is 0 Å². The molecule has 8 N–H and O–H groups in total. The van der Waals surface area contributed by atoms with Crippen molar-refractivity contribution >= 4 is 118 Å². The Hall–Kier alpha value is -6.91. The zero-order chi connectivity index (χ0) is 58.9. The highest BCUT2D eigenvalue weighted by Gasteiger charge is 2.52. The summed E-state index contributed by atoms with van der Waals surface area (Å²) in [5.74, 6) is -5.03. The molecule has 10 aromatic rings. The maximum absolute atomic E-state index is 15.4. The number of nitrogens with zero attached hydrogens (tertiary/aromatic N) is 10. The summed E-state index contributed by atoms with van der Waals surface area (Å²) in [5, 5.41) is 52.7. The highest BCUT2D eigenvalue weighted by molar-refractivity contribution is 9.11. The van der Waals surface area contributed by atoms with Crippen LogP contribution in [-0.2, 0) is 33.8 Å². The maximum Gasteiger partial charge on any atom is 0.365 e. The molecule has 0 saturated heterocycles. The molecular weight excluding hydrogens is 1280 g/mol. The summed E-state index contributed by atoms with van der Waals surface area (Å²) in [6.45, 7) is 3.88. The number of hydrogen-bond donors (Lipinski definition) is 6. The molecule has 0 bridgehead atoms. The lowest BCUT2D eigenvalue weighted by Crippen LogP contribution is -2.57. The molecule has 0 aliphatic rings. The van der Waals surface area contributed by atoms with E-state index < -0.39 is 62.9 Å². The molecule has 4 unspecified atom stereocenters. The zero-order valence-electron chi connectivity index (χ0n) is 44.7. The molecule has 4 atom stereocenters. The number of carboxylic acids is 2. The Morgan fingerprint density at radius 3 is 1.53 bits per heavy atom. The average Bonchev–Trinajstić information content (AvgIpc) is 2.26. The average molecular weight is 1330 g/mol. The van der Waals surface area contributed by atoms with Gasteiger partial charge < -0.3 is 23.8 Å². The van der Waals surface area contributed by atoms with Gasteiger partial charge in [-0.05, 0) is 103 Å².